The normalized spacial score (nSPS) is 12.0. The highest BCUT2D eigenvalue weighted by atomic mass is 19.4. The third-order valence-corrected chi connectivity index (χ3v) is 3.20. The van der Waals surface area contributed by atoms with Crippen LogP contribution in [0.25, 0.3) is 0 Å². The van der Waals surface area contributed by atoms with Gasteiger partial charge in [-0.2, -0.15) is 13.2 Å². The van der Waals surface area contributed by atoms with Gasteiger partial charge in [0, 0.05) is 6.20 Å². The van der Waals surface area contributed by atoms with Crippen LogP contribution in [0.1, 0.15) is 17.3 Å². The van der Waals surface area contributed by atoms with Gasteiger partial charge in [-0.15, -0.1) is 0 Å². The number of benzene rings is 1. The maximum Gasteiger partial charge on any atom is 0.422 e. The predicted molar refractivity (Wildman–Crippen MR) is 87.9 cm³/mol. The van der Waals surface area contributed by atoms with Gasteiger partial charge < -0.3 is 9.47 Å². The van der Waals surface area contributed by atoms with Gasteiger partial charge in [0.15, 0.2) is 24.3 Å². The summed E-state index contributed by atoms with van der Waals surface area (Å²) >= 11 is 0. The molecule has 0 bridgehead atoms. The Labute approximate surface area is 156 Å². The molecule has 0 aliphatic carbocycles. The van der Waals surface area contributed by atoms with Crippen molar-refractivity contribution < 1.29 is 36.6 Å². The van der Waals surface area contributed by atoms with Crippen LogP contribution >= 0.6 is 0 Å². The Morgan fingerprint density at radius 1 is 1.14 bits per heavy atom. The molecule has 2 rings (SSSR count). The monoisotopic (exact) mass is 401 g/mol. The number of halogens is 4. The van der Waals surface area contributed by atoms with Crippen molar-refractivity contribution in [3.05, 3.63) is 54.0 Å². The van der Waals surface area contributed by atoms with Crippen molar-refractivity contribution >= 4 is 11.8 Å². The van der Waals surface area contributed by atoms with Crippen LogP contribution in [0.4, 0.5) is 17.6 Å². The Balaban J connectivity index is 1.94. The molecule has 0 saturated heterocycles. The number of rotatable bonds is 6. The molecule has 28 heavy (non-hydrogen) atoms. The minimum absolute atomic E-state index is 0.161. The number of hydrogen-bond donors (Lipinski definition) is 2. The molecular formula is C17H15F4N3O4. The molecule has 0 fully saturated rings. The summed E-state index contributed by atoms with van der Waals surface area (Å²) in [5, 5.41) is 0. The fourth-order valence-electron chi connectivity index (χ4n) is 1.90. The maximum absolute atomic E-state index is 13.5. The van der Waals surface area contributed by atoms with Crippen LogP contribution in [-0.2, 0) is 4.79 Å². The summed E-state index contributed by atoms with van der Waals surface area (Å²) in [5.41, 5.74) is 3.71. The van der Waals surface area contributed by atoms with E-state index in [1.54, 1.807) is 0 Å². The number of carbonyl (C=O) groups is 2. The van der Waals surface area contributed by atoms with Gasteiger partial charge in [-0.25, -0.2) is 9.37 Å². The van der Waals surface area contributed by atoms with Crippen molar-refractivity contribution in [1.82, 2.24) is 15.8 Å². The van der Waals surface area contributed by atoms with E-state index in [2.05, 4.69) is 9.72 Å². The Morgan fingerprint density at radius 2 is 1.86 bits per heavy atom. The van der Waals surface area contributed by atoms with E-state index in [9.17, 15) is 27.2 Å². The molecule has 0 radical (unpaired) electrons. The lowest BCUT2D eigenvalue weighted by Gasteiger charge is -2.16. The molecule has 11 heteroatoms. The fraction of sp³-hybridized carbons (Fsp3) is 0.235. The van der Waals surface area contributed by atoms with E-state index in [1.807, 2.05) is 10.9 Å². The van der Waals surface area contributed by atoms with E-state index in [1.165, 1.54) is 37.3 Å². The minimum atomic E-state index is -4.61. The van der Waals surface area contributed by atoms with Crippen LogP contribution in [-0.4, -0.2) is 35.7 Å². The first-order valence-corrected chi connectivity index (χ1v) is 7.83. The smallest absolute Gasteiger partial charge is 0.422 e. The second kappa shape index (κ2) is 9.02. The third kappa shape index (κ3) is 6.11. The number of alkyl halides is 3. The lowest BCUT2D eigenvalue weighted by atomic mass is 10.2. The van der Waals surface area contributed by atoms with Gasteiger partial charge in [0.1, 0.15) is 5.56 Å². The zero-order valence-corrected chi connectivity index (χ0v) is 14.4. The minimum Gasteiger partial charge on any atom is -0.478 e. The number of pyridine rings is 1. The van der Waals surface area contributed by atoms with E-state index in [4.69, 9.17) is 4.74 Å². The summed E-state index contributed by atoms with van der Waals surface area (Å²) in [4.78, 5) is 27.6. The second-order valence-corrected chi connectivity index (χ2v) is 5.39. The lowest BCUT2D eigenvalue weighted by molar-refractivity contribution is -0.154. The van der Waals surface area contributed by atoms with Gasteiger partial charge in [-0.1, -0.05) is 12.1 Å². The number of amides is 2. The molecule has 1 aromatic carbocycles. The van der Waals surface area contributed by atoms with Gasteiger partial charge >= 0.3 is 6.18 Å². The molecule has 1 unspecified atom stereocenters. The van der Waals surface area contributed by atoms with Crippen LogP contribution in [0.2, 0.25) is 0 Å². The van der Waals surface area contributed by atoms with E-state index in [0.717, 1.165) is 12.3 Å². The van der Waals surface area contributed by atoms with Crippen molar-refractivity contribution in [2.45, 2.75) is 19.2 Å². The van der Waals surface area contributed by atoms with Crippen molar-refractivity contribution in [2.75, 3.05) is 6.61 Å². The highest BCUT2D eigenvalue weighted by molar-refractivity contribution is 5.97. The fourth-order valence-corrected chi connectivity index (χ4v) is 1.90. The molecule has 1 aromatic heterocycles. The van der Waals surface area contributed by atoms with Crippen molar-refractivity contribution in [2.24, 2.45) is 0 Å². The molecule has 0 aliphatic heterocycles. The Hall–Kier alpha value is -3.37. The summed E-state index contributed by atoms with van der Waals surface area (Å²) < 4.78 is 60.0. The SMILES string of the molecule is CC(Oc1ccccc1F)C(=O)NNC(=O)c1cccnc1OCC(F)(F)F. The lowest BCUT2D eigenvalue weighted by Crippen LogP contribution is -2.47. The molecular weight excluding hydrogens is 386 g/mol. The second-order valence-electron chi connectivity index (χ2n) is 5.39. The van der Waals surface area contributed by atoms with Crippen molar-refractivity contribution in [1.29, 1.82) is 0 Å². The van der Waals surface area contributed by atoms with Crippen molar-refractivity contribution in [3.63, 3.8) is 0 Å². The molecule has 1 atom stereocenters. The number of nitrogens with zero attached hydrogens (tertiary/aromatic N) is 1. The van der Waals surface area contributed by atoms with E-state index < -0.39 is 42.4 Å². The first-order valence-electron chi connectivity index (χ1n) is 7.83. The first-order chi connectivity index (χ1) is 13.2. The topological polar surface area (TPSA) is 89.6 Å². The largest absolute Gasteiger partial charge is 0.478 e. The first kappa shape index (κ1) is 20.9. The summed E-state index contributed by atoms with van der Waals surface area (Å²) in [6.07, 6.45) is -4.64. The molecule has 150 valence electrons. The maximum atomic E-state index is 13.5. The number of hydrazine groups is 1. The Kier molecular flexibility index (Phi) is 6.74. The van der Waals surface area contributed by atoms with Gasteiger partial charge in [0.25, 0.3) is 11.8 Å². The summed E-state index contributed by atoms with van der Waals surface area (Å²) in [5.74, 6) is -3.17. The molecule has 2 amide bonds. The number of carbonyl (C=O) groups excluding carboxylic acids is 2. The Morgan fingerprint density at radius 3 is 2.54 bits per heavy atom. The number of para-hydroxylation sites is 1. The van der Waals surface area contributed by atoms with E-state index >= 15 is 0 Å². The summed E-state index contributed by atoms with van der Waals surface area (Å²) in [6.45, 7) is -0.319. The van der Waals surface area contributed by atoms with Crippen LogP contribution in [0.5, 0.6) is 11.6 Å². The average Bonchev–Trinajstić information content (AvgIpc) is 2.65. The van der Waals surface area contributed by atoms with E-state index in [-0.39, 0.29) is 11.3 Å². The number of nitrogens with one attached hydrogen (secondary N) is 2. The van der Waals surface area contributed by atoms with Gasteiger partial charge in [0.2, 0.25) is 5.88 Å². The standard InChI is InChI=1S/C17H15F4N3O4/c1-10(28-13-7-3-2-6-12(13)18)14(25)23-24-15(26)11-5-4-8-22-16(11)27-9-17(19,20)21/h2-8,10H,9H2,1H3,(H,23,25)(H,24,26). The zero-order valence-electron chi connectivity index (χ0n) is 14.4. The number of hydrogen-bond acceptors (Lipinski definition) is 5. The van der Waals surface area contributed by atoms with Gasteiger partial charge in [0.05, 0.1) is 0 Å². The highest BCUT2D eigenvalue weighted by Crippen LogP contribution is 2.20. The molecule has 0 aliphatic rings. The highest BCUT2D eigenvalue weighted by Gasteiger charge is 2.29. The van der Waals surface area contributed by atoms with Crippen LogP contribution in [0.15, 0.2) is 42.6 Å². The van der Waals surface area contributed by atoms with Gasteiger partial charge in [-0.05, 0) is 31.2 Å². The molecule has 0 saturated carbocycles. The third-order valence-electron chi connectivity index (χ3n) is 3.20. The Bertz CT molecular complexity index is 845. The average molecular weight is 401 g/mol. The van der Waals surface area contributed by atoms with E-state index in [0.29, 0.717) is 0 Å². The van der Waals surface area contributed by atoms with Crippen molar-refractivity contribution in [3.8, 4) is 11.6 Å². The number of ether oxygens (including phenoxy) is 2. The van der Waals surface area contributed by atoms with Crippen LogP contribution in [0.3, 0.4) is 0 Å². The van der Waals surface area contributed by atoms with Gasteiger partial charge in [-0.3, -0.25) is 20.4 Å². The quantitative estimate of drug-likeness (QED) is 0.573. The summed E-state index contributed by atoms with van der Waals surface area (Å²) in [7, 11) is 0. The predicted octanol–water partition coefficient (Wildman–Crippen LogP) is 2.39. The van der Waals surface area contributed by atoms with Crippen LogP contribution in [0, 0.1) is 5.82 Å². The molecule has 2 aromatic rings. The molecule has 7 nitrogen and oxygen atoms in total. The summed E-state index contributed by atoms with van der Waals surface area (Å²) in [6, 6.07) is 7.89. The number of aromatic nitrogens is 1. The molecule has 1 heterocycles. The molecule has 2 N–H and O–H groups in total. The zero-order chi connectivity index (χ0) is 20.7. The van der Waals surface area contributed by atoms with Crippen LogP contribution < -0.4 is 20.3 Å². The molecule has 0 spiro atoms.